The molecule has 0 atom stereocenters. The molecule has 0 unspecified atom stereocenters. The van der Waals surface area contributed by atoms with Crippen LogP contribution in [0.15, 0.2) is 48.5 Å². The van der Waals surface area contributed by atoms with Gasteiger partial charge >= 0.3 is 0 Å². The van der Waals surface area contributed by atoms with Gasteiger partial charge in [0.1, 0.15) is 5.69 Å². The number of hydrogen-bond acceptors (Lipinski definition) is 6. The van der Waals surface area contributed by atoms with Gasteiger partial charge in [-0.1, -0.05) is 19.1 Å². The second-order valence-corrected chi connectivity index (χ2v) is 6.42. The molecule has 0 bridgehead atoms. The van der Waals surface area contributed by atoms with Gasteiger partial charge in [0, 0.05) is 23.1 Å². The van der Waals surface area contributed by atoms with Crippen molar-refractivity contribution in [3.05, 3.63) is 65.5 Å². The molecule has 29 heavy (non-hydrogen) atoms. The maximum atomic E-state index is 12.6. The smallest absolute Gasteiger partial charge is 0.274 e. The highest BCUT2D eigenvalue weighted by atomic mass is 16.5. The molecule has 3 rings (SSSR count). The second-order valence-electron chi connectivity index (χ2n) is 6.42. The molecule has 0 fully saturated rings. The van der Waals surface area contributed by atoms with Gasteiger partial charge in [-0.15, -0.1) is 0 Å². The van der Waals surface area contributed by atoms with Crippen LogP contribution in [0, 0.1) is 6.92 Å². The fraction of sp³-hybridized carbons (Fsp3) is 0.227. The third-order valence-electron chi connectivity index (χ3n) is 4.35. The molecule has 1 aromatic heterocycles. The van der Waals surface area contributed by atoms with Crippen LogP contribution in [-0.4, -0.2) is 30.1 Å². The van der Waals surface area contributed by atoms with Crippen LogP contribution in [0.4, 0.5) is 17.3 Å². The van der Waals surface area contributed by atoms with Gasteiger partial charge in [0.05, 0.1) is 14.2 Å². The largest absolute Gasteiger partial charge is 0.493 e. The molecule has 0 saturated carbocycles. The quantitative estimate of drug-likeness (QED) is 0.621. The van der Waals surface area contributed by atoms with Gasteiger partial charge in [-0.05, 0) is 49.2 Å². The summed E-state index contributed by atoms with van der Waals surface area (Å²) in [6.07, 6.45) is 0.949. The summed E-state index contributed by atoms with van der Waals surface area (Å²) in [5, 5.41) is 5.97. The van der Waals surface area contributed by atoms with E-state index in [4.69, 9.17) is 9.47 Å². The van der Waals surface area contributed by atoms with Crippen LogP contribution in [0.25, 0.3) is 0 Å². The Morgan fingerprint density at radius 1 is 0.931 bits per heavy atom. The minimum atomic E-state index is -0.296. The predicted molar refractivity (Wildman–Crippen MR) is 113 cm³/mol. The first kappa shape index (κ1) is 20.1. The Bertz CT molecular complexity index is 1000. The number of anilines is 3. The van der Waals surface area contributed by atoms with Crippen molar-refractivity contribution in [2.24, 2.45) is 0 Å². The minimum Gasteiger partial charge on any atom is -0.493 e. The van der Waals surface area contributed by atoms with Gasteiger partial charge in [-0.2, -0.15) is 0 Å². The molecule has 2 aromatic carbocycles. The van der Waals surface area contributed by atoms with E-state index in [0.717, 1.165) is 17.8 Å². The Hall–Kier alpha value is -3.61. The van der Waals surface area contributed by atoms with Crippen LogP contribution in [0.1, 0.15) is 28.7 Å². The summed E-state index contributed by atoms with van der Waals surface area (Å²) in [5.74, 6) is 1.23. The van der Waals surface area contributed by atoms with E-state index >= 15 is 0 Å². The highest BCUT2D eigenvalue weighted by Crippen LogP contribution is 2.30. The Morgan fingerprint density at radius 2 is 1.62 bits per heavy atom. The maximum Gasteiger partial charge on any atom is 0.274 e. The maximum absolute atomic E-state index is 12.6. The summed E-state index contributed by atoms with van der Waals surface area (Å²) in [6.45, 7) is 3.90. The van der Waals surface area contributed by atoms with E-state index in [9.17, 15) is 4.79 Å². The lowest BCUT2D eigenvalue weighted by Crippen LogP contribution is -2.15. The van der Waals surface area contributed by atoms with Crippen molar-refractivity contribution >= 4 is 23.2 Å². The zero-order valence-electron chi connectivity index (χ0n) is 16.9. The first-order valence-corrected chi connectivity index (χ1v) is 9.27. The van der Waals surface area contributed by atoms with Crippen LogP contribution in [0.2, 0.25) is 0 Å². The number of aromatic nitrogens is 2. The molecule has 0 radical (unpaired) electrons. The number of methoxy groups -OCH3 is 2. The van der Waals surface area contributed by atoms with Crippen molar-refractivity contribution in [2.75, 3.05) is 24.9 Å². The number of benzene rings is 2. The van der Waals surface area contributed by atoms with Crippen molar-refractivity contribution in [2.45, 2.75) is 20.3 Å². The number of ether oxygens (including phenoxy) is 2. The van der Waals surface area contributed by atoms with Gasteiger partial charge in [-0.3, -0.25) is 4.79 Å². The molecule has 1 heterocycles. The molecule has 3 aromatic rings. The second kappa shape index (κ2) is 9.05. The van der Waals surface area contributed by atoms with E-state index in [1.54, 1.807) is 32.4 Å². The summed E-state index contributed by atoms with van der Waals surface area (Å²) in [4.78, 5) is 21.4. The van der Waals surface area contributed by atoms with Gasteiger partial charge in [0.2, 0.25) is 5.95 Å². The zero-order valence-corrected chi connectivity index (χ0v) is 16.9. The third-order valence-corrected chi connectivity index (χ3v) is 4.35. The number of nitrogens with zero attached hydrogens (tertiary/aromatic N) is 2. The number of carbonyl (C=O) groups excluding carboxylic acids is 1. The molecule has 0 aliphatic heterocycles. The van der Waals surface area contributed by atoms with Crippen molar-refractivity contribution in [3.63, 3.8) is 0 Å². The lowest BCUT2D eigenvalue weighted by atomic mass is 10.1. The van der Waals surface area contributed by atoms with E-state index in [1.165, 1.54) is 5.56 Å². The number of amides is 1. The molecule has 0 aliphatic carbocycles. The number of rotatable bonds is 7. The first-order chi connectivity index (χ1) is 14.0. The number of hydrogen-bond donors (Lipinski definition) is 2. The highest BCUT2D eigenvalue weighted by Gasteiger charge is 2.12. The van der Waals surface area contributed by atoms with Crippen molar-refractivity contribution in [1.29, 1.82) is 0 Å². The Balaban J connectivity index is 1.79. The van der Waals surface area contributed by atoms with E-state index in [2.05, 4.69) is 27.5 Å². The van der Waals surface area contributed by atoms with Crippen molar-refractivity contribution in [3.8, 4) is 11.5 Å². The first-order valence-electron chi connectivity index (χ1n) is 9.27. The fourth-order valence-corrected chi connectivity index (χ4v) is 2.80. The topological polar surface area (TPSA) is 85.4 Å². The molecule has 0 aliphatic rings. The molecule has 7 heteroatoms. The third kappa shape index (κ3) is 5.01. The molecule has 7 nitrogen and oxygen atoms in total. The number of nitrogens with one attached hydrogen (secondary N) is 2. The Kier molecular flexibility index (Phi) is 6.29. The van der Waals surface area contributed by atoms with E-state index < -0.39 is 0 Å². The van der Waals surface area contributed by atoms with Crippen LogP contribution in [0.3, 0.4) is 0 Å². The van der Waals surface area contributed by atoms with Crippen LogP contribution in [0.5, 0.6) is 11.5 Å². The van der Waals surface area contributed by atoms with Crippen LogP contribution >= 0.6 is 0 Å². The Labute approximate surface area is 170 Å². The van der Waals surface area contributed by atoms with Gasteiger partial charge in [0.15, 0.2) is 11.5 Å². The van der Waals surface area contributed by atoms with E-state index in [0.29, 0.717) is 23.1 Å². The molecule has 150 valence electrons. The summed E-state index contributed by atoms with van der Waals surface area (Å²) < 4.78 is 10.6. The summed E-state index contributed by atoms with van der Waals surface area (Å²) in [7, 11) is 3.15. The Morgan fingerprint density at radius 3 is 2.28 bits per heavy atom. The van der Waals surface area contributed by atoms with Gasteiger partial charge in [0.25, 0.3) is 5.91 Å². The number of aryl methyl sites for hydroxylation is 2. The normalized spacial score (nSPS) is 10.3. The molecular weight excluding hydrogens is 368 g/mol. The fourth-order valence-electron chi connectivity index (χ4n) is 2.80. The predicted octanol–water partition coefficient (Wildman–Crippen LogP) is 4.36. The summed E-state index contributed by atoms with van der Waals surface area (Å²) >= 11 is 0. The average Bonchev–Trinajstić information content (AvgIpc) is 2.73. The van der Waals surface area contributed by atoms with E-state index in [1.807, 2.05) is 37.3 Å². The van der Waals surface area contributed by atoms with Gasteiger partial charge in [-0.25, -0.2) is 9.97 Å². The van der Waals surface area contributed by atoms with Crippen LogP contribution < -0.4 is 20.1 Å². The molecule has 2 N–H and O–H groups in total. The van der Waals surface area contributed by atoms with Gasteiger partial charge < -0.3 is 20.1 Å². The summed E-state index contributed by atoms with van der Waals surface area (Å²) in [5.41, 5.74) is 3.60. The molecule has 0 saturated heterocycles. The van der Waals surface area contributed by atoms with Crippen molar-refractivity contribution in [1.82, 2.24) is 9.97 Å². The summed E-state index contributed by atoms with van der Waals surface area (Å²) in [6, 6.07) is 14.8. The zero-order chi connectivity index (χ0) is 20.8. The van der Waals surface area contributed by atoms with Crippen LogP contribution in [-0.2, 0) is 6.42 Å². The average molecular weight is 392 g/mol. The molecular formula is C22H24N4O3. The lowest BCUT2D eigenvalue weighted by molar-refractivity contribution is 0.102. The molecule has 1 amide bonds. The monoisotopic (exact) mass is 392 g/mol. The SMILES string of the molecule is CCc1ccc(NC(=O)c2cc(C)nc(Nc3ccc(OC)c(OC)c3)n2)cc1. The number of carbonyl (C=O) groups is 1. The van der Waals surface area contributed by atoms with E-state index in [-0.39, 0.29) is 11.6 Å². The minimum absolute atomic E-state index is 0.278. The lowest BCUT2D eigenvalue weighted by Gasteiger charge is -2.12. The molecule has 0 spiro atoms. The highest BCUT2D eigenvalue weighted by molar-refractivity contribution is 6.03. The standard InChI is InChI=1S/C22H24N4O3/c1-5-15-6-8-16(9-7-15)24-21(27)18-12-14(2)23-22(26-18)25-17-10-11-19(28-3)20(13-17)29-4/h6-13H,5H2,1-4H3,(H,24,27)(H,23,25,26). The van der Waals surface area contributed by atoms with Crippen molar-refractivity contribution < 1.29 is 14.3 Å².